The predicted molar refractivity (Wildman–Crippen MR) is 91.7 cm³/mol. The van der Waals surface area contributed by atoms with Crippen molar-refractivity contribution >= 4 is 22.8 Å². The molecule has 1 N–H and O–H groups in total. The van der Waals surface area contributed by atoms with Crippen LogP contribution in [-0.4, -0.2) is 72.7 Å². The molecule has 3 rings (SSSR count). The first-order valence-corrected chi connectivity index (χ1v) is 8.24. The van der Waals surface area contributed by atoms with Gasteiger partial charge in [0.25, 0.3) is 5.91 Å². The standard InChI is InChI=1S/C18H22N2O5/c1-12-4-3-5-13-8-15(25-17(12)13)18(23)20-6-7-24-14(10-20)9-19(2)11-16(21)22/h3-5,8,14H,6-7,9-11H2,1-2H3,(H,21,22). The van der Waals surface area contributed by atoms with Gasteiger partial charge in [-0.05, 0) is 25.6 Å². The zero-order valence-electron chi connectivity index (χ0n) is 14.4. The molecule has 1 saturated heterocycles. The highest BCUT2D eigenvalue weighted by atomic mass is 16.5. The molecule has 2 aromatic rings. The average Bonchev–Trinajstić information content (AvgIpc) is 2.99. The molecule has 7 heteroatoms. The number of aryl methyl sites for hydroxylation is 1. The molecular weight excluding hydrogens is 324 g/mol. The molecule has 1 amide bonds. The van der Waals surface area contributed by atoms with Crippen LogP contribution in [0.15, 0.2) is 28.7 Å². The Bertz CT molecular complexity index is 785. The molecular formula is C18H22N2O5. The lowest BCUT2D eigenvalue weighted by molar-refractivity contribution is -0.138. The summed E-state index contributed by atoms with van der Waals surface area (Å²) in [6, 6.07) is 7.57. The number of fused-ring (bicyclic) bond motifs is 1. The third kappa shape index (κ3) is 4.00. The molecule has 1 fully saturated rings. The number of nitrogens with zero attached hydrogens (tertiary/aromatic N) is 2. The van der Waals surface area contributed by atoms with Crippen molar-refractivity contribution in [3.63, 3.8) is 0 Å². The topological polar surface area (TPSA) is 83.2 Å². The van der Waals surface area contributed by atoms with Crippen LogP contribution in [0.25, 0.3) is 11.0 Å². The maximum absolute atomic E-state index is 12.8. The van der Waals surface area contributed by atoms with Crippen molar-refractivity contribution in [2.24, 2.45) is 0 Å². The lowest BCUT2D eigenvalue weighted by Gasteiger charge is -2.34. The quantitative estimate of drug-likeness (QED) is 0.885. The summed E-state index contributed by atoms with van der Waals surface area (Å²) in [6.45, 7) is 3.68. The highest BCUT2D eigenvalue weighted by Crippen LogP contribution is 2.24. The van der Waals surface area contributed by atoms with Gasteiger partial charge in [0.15, 0.2) is 5.76 Å². The summed E-state index contributed by atoms with van der Waals surface area (Å²) in [5, 5.41) is 9.75. The van der Waals surface area contributed by atoms with Gasteiger partial charge in [-0.3, -0.25) is 14.5 Å². The summed E-state index contributed by atoms with van der Waals surface area (Å²) in [4.78, 5) is 26.9. The van der Waals surface area contributed by atoms with Crippen LogP contribution in [0.3, 0.4) is 0 Å². The number of carboxylic acid groups (broad SMARTS) is 1. The van der Waals surface area contributed by atoms with E-state index in [2.05, 4.69) is 0 Å². The van der Waals surface area contributed by atoms with Crippen molar-refractivity contribution in [3.8, 4) is 0 Å². The highest BCUT2D eigenvalue weighted by molar-refractivity contribution is 5.96. The molecule has 1 aliphatic heterocycles. The van der Waals surface area contributed by atoms with E-state index in [9.17, 15) is 9.59 Å². The van der Waals surface area contributed by atoms with Crippen LogP contribution in [0, 0.1) is 6.92 Å². The van der Waals surface area contributed by atoms with E-state index < -0.39 is 5.97 Å². The van der Waals surface area contributed by atoms with Crippen molar-refractivity contribution in [2.75, 3.05) is 39.8 Å². The molecule has 0 radical (unpaired) electrons. The molecule has 0 bridgehead atoms. The number of hydrogen-bond donors (Lipinski definition) is 1. The Balaban J connectivity index is 1.68. The number of ether oxygens (including phenoxy) is 1. The number of para-hydroxylation sites is 1. The third-order valence-electron chi connectivity index (χ3n) is 4.30. The zero-order valence-corrected chi connectivity index (χ0v) is 14.4. The van der Waals surface area contributed by atoms with Crippen LogP contribution in [0.5, 0.6) is 0 Å². The van der Waals surface area contributed by atoms with Gasteiger partial charge in [0.1, 0.15) is 5.58 Å². The van der Waals surface area contributed by atoms with Crippen LogP contribution in [0.1, 0.15) is 16.1 Å². The van der Waals surface area contributed by atoms with Crippen LogP contribution in [0.4, 0.5) is 0 Å². The van der Waals surface area contributed by atoms with Crippen molar-refractivity contribution in [1.29, 1.82) is 0 Å². The van der Waals surface area contributed by atoms with Crippen LogP contribution < -0.4 is 0 Å². The fourth-order valence-corrected chi connectivity index (χ4v) is 3.13. The van der Waals surface area contributed by atoms with Crippen molar-refractivity contribution < 1.29 is 23.8 Å². The maximum Gasteiger partial charge on any atom is 0.317 e. The first-order valence-electron chi connectivity index (χ1n) is 8.24. The third-order valence-corrected chi connectivity index (χ3v) is 4.30. The van der Waals surface area contributed by atoms with Gasteiger partial charge in [0.2, 0.25) is 0 Å². The van der Waals surface area contributed by atoms with E-state index in [4.69, 9.17) is 14.3 Å². The molecule has 1 aliphatic rings. The van der Waals surface area contributed by atoms with Gasteiger partial charge in [-0.15, -0.1) is 0 Å². The van der Waals surface area contributed by atoms with Crippen LogP contribution in [-0.2, 0) is 9.53 Å². The Kier molecular flexibility index (Phi) is 5.06. The monoisotopic (exact) mass is 346 g/mol. The van der Waals surface area contributed by atoms with Crippen LogP contribution in [0.2, 0.25) is 0 Å². The second kappa shape index (κ2) is 7.25. The number of carbonyl (C=O) groups is 2. The van der Waals surface area contributed by atoms with E-state index in [0.29, 0.717) is 32.0 Å². The zero-order chi connectivity index (χ0) is 18.0. The molecule has 2 heterocycles. The lowest BCUT2D eigenvalue weighted by Crippen LogP contribution is -2.49. The molecule has 1 aromatic heterocycles. The molecule has 1 aromatic carbocycles. The summed E-state index contributed by atoms with van der Waals surface area (Å²) in [5.74, 6) is -0.725. The first-order chi connectivity index (χ1) is 11.9. The summed E-state index contributed by atoms with van der Waals surface area (Å²) in [5.41, 5.74) is 1.73. The number of hydrogen-bond acceptors (Lipinski definition) is 5. The lowest BCUT2D eigenvalue weighted by atomic mass is 10.2. The number of likely N-dealkylation sites (N-methyl/N-ethyl adjacent to an activating group) is 1. The summed E-state index contributed by atoms with van der Waals surface area (Å²) in [7, 11) is 1.72. The first kappa shape index (κ1) is 17.4. The molecule has 1 unspecified atom stereocenters. The minimum Gasteiger partial charge on any atom is -0.480 e. The van der Waals surface area contributed by atoms with E-state index >= 15 is 0 Å². The number of amides is 1. The van der Waals surface area contributed by atoms with Gasteiger partial charge < -0.3 is 19.2 Å². The number of carbonyl (C=O) groups excluding carboxylic acids is 1. The fraction of sp³-hybridized carbons (Fsp3) is 0.444. The molecule has 0 aliphatic carbocycles. The molecule has 1 atom stereocenters. The smallest absolute Gasteiger partial charge is 0.317 e. The van der Waals surface area contributed by atoms with Gasteiger partial charge in [-0.25, -0.2) is 0 Å². The van der Waals surface area contributed by atoms with Crippen molar-refractivity contribution in [3.05, 3.63) is 35.6 Å². The molecule has 7 nitrogen and oxygen atoms in total. The van der Waals surface area contributed by atoms with Crippen molar-refractivity contribution in [1.82, 2.24) is 9.80 Å². The molecule has 0 saturated carbocycles. The Hall–Kier alpha value is -2.38. The van der Waals surface area contributed by atoms with Crippen molar-refractivity contribution in [2.45, 2.75) is 13.0 Å². The van der Waals surface area contributed by atoms with Crippen LogP contribution >= 0.6 is 0 Å². The Morgan fingerprint density at radius 1 is 1.40 bits per heavy atom. The van der Waals surface area contributed by atoms with Gasteiger partial charge in [-0.2, -0.15) is 0 Å². The second-order valence-corrected chi connectivity index (χ2v) is 6.44. The van der Waals surface area contributed by atoms with Gasteiger partial charge in [-0.1, -0.05) is 18.2 Å². The summed E-state index contributed by atoms with van der Waals surface area (Å²) in [6.07, 6.45) is -0.215. The Morgan fingerprint density at radius 3 is 2.92 bits per heavy atom. The molecule has 25 heavy (non-hydrogen) atoms. The van der Waals surface area contributed by atoms with E-state index in [1.54, 1.807) is 22.9 Å². The average molecular weight is 346 g/mol. The van der Waals surface area contributed by atoms with Gasteiger partial charge >= 0.3 is 5.97 Å². The molecule has 0 spiro atoms. The maximum atomic E-state index is 12.8. The minimum absolute atomic E-state index is 0.0589. The number of morpholine rings is 1. The number of carboxylic acids is 1. The fourth-order valence-electron chi connectivity index (χ4n) is 3.13. The number of benzene rings is 1. The Labute approximate surface area is 145 Å². The number of furan rings is 1. The second-order valence-electron chi connectivity index (χ2n) is 6.44. The summed E-state index contributed by atoms with van der Waals surface area (Å²) < 4.78 is 11.4. The van der Waals surface area contributed by atoms with Gasteiger partial charge in [0.05, 0.1) is 19.3 Å². The van der Waals surface area contributed by atoms with E-state index in [1.807, 2.05) is 25.1 Å². The van der Waals surface area contributed by atoms with E-state index in [-0.39, 0.29) is 18.6 Å². The highest BCUT2D eigenvalue weighted by Gasteiger charge is 2.28. The van der Waals surface area contributed by atoms with E-state index in [0.717, 1.165) is 16.5 Å². The normalized spacial score (nSPS) is 18.0. The van der Waals surface area contributed by atoms with E-state index in [1.165, 1.54) is 0 Å². The minimum atomic E-state index is -0.885. The number of rotatable bonds is 5. The number of aliphatic carboxylic acids is 1. The summed E-state index contributed by atoms with van der Waals surface area (Å²) >= 11 is 0. The Morgan fingerprint density at radius 2 is 2.20 bits per heavy atom. The SMILES string of the molecule is Cc1cccc2cc(C(=O)N3CCOC(CN(C)CC(=O)O)C3)oc12. The largest absolute Gasteiger partial charge is 0.480 e. The van der Waals surface area contributed by atoms with Gasteiger partial charge in [0, 0.05) is 25.0 Å². The molecule has 134 valence electrons. The predicted octanol–water partition coefficient (Wildman–Crippen LogP) is 1.60.